The Morgan fingerprint density at radius 3 is 2.54 bits per heavy atom. The minimum absolute atomic E-state index is 0. The maximum atomic E-state index is 13.1. The lowest BCUT2D eigenvalue weighted by atomic mass is 10.1. The van der Waals surface area contributed by atoms with Crippen molar-refractivity contribution in [2.75, 3.05) is 0 Å². The van der Waals surface area contributed by atoms with E-state index in [-0.39, 0.29) is 24.0 Å². The number of aromatic nitrogens is 2. The summed E-state index contributed by atoms with van der Waals surface area (Å²) in [6.45, 7) is 2.10. The van der Waals surface area contributed by atoms with Gasteiger partial charge in [-0.1, -0.05) is 17.7 Å². The van der Waals surface area contributed by atoms with Crippen molar-refractivity contribution in [2.45, 2.75) is 13.5 Å². The monoisotopic (exact) mass is 364 g/mol. The smallest absolute Gasteiger partial charge is 0.249 e. The summed E-state index contributed by atoms with van der Waals surface area (Å²) < 4.78 is 17.0. The zero-order chi connectivity index (χ0) is 16.4. The van der Waals surface area contributed by atoms with Crippen LogP contribution in [0.1, 0.15) is 22.8 Å². The Bertz CT molecular complexity index is 860. The first kappa shape index (κ1) is 18.2. The van der Waals surface area contributed by atoms with Crippen LogP contribution in [0.2, 0.25) is 5.02 Å². The molecule has 0 fully saturated rings. The Morgan fingerprint density at radius 1 is 1.21 bits per heavy atom. The molecule has 0 saturated heterocycles. The molecule has 0 saturated carbocycles. The normalized spacial score (nSPS) is 10.3. The maximum Gasteiger partial charge on any atom is 0.249 e. The second-order valence-corrected chi connectivity index (χ2v) is 5.74. The lowest BCUT2D eigenvalue weighted by molar-refractivity contribution is -0.687. The number of Topliss-reactive ketones (excluding diaryl/α,β-unsaturated/α-hetero) is 1. The van der Waals surface area contributed by atoms with Gasteiger partial charge in [0.05, 0.1) is 5.02 Å². The van der Waals surface area contributed by atoms with Gasteiger partial charge in [0.15, 0.2) is 5.78 Å². The number of hydrogen-bond donors (Lipinski definition) is 0. The largest absolute Gasteiger partial charge is 1.00 e. The van der Waals surface area contributed by atoms with Crippen LogP contribution in [-0.2, 0) is 6.54 Å². The summed E-state index contributed by atoms with van der Waals surface area (Å²) in [6, 6.07) is 11.8. The molecule has 3 rings (SSSR count). The SMILES string of the molecule is CC(=O)c1ccc(-n2cc[n+](Cc3ccc(F)cc3Cl)c2)cc1.[Cl-]. The lowest BCUT2D eigenvalue weighted by Gasteiger charge is -2.01. The Balaban J connectivity index is 0.00000208. The van der Waals surface area contributed by atoms with Gasteiger partial charge >= 0.3 is 0 Å². The number of imidazole rings is 1. The third kappa shape index (κ3) is 4.02. The third-order valence-corrected chi connectivity index (χ3v) is 3.98. The van der Waals surface area contributed by atoms with Crippen molar-refractivity contribution in [2.24, 2.45) is 0 Å². The van der Waals surface area contributed by atoms with Crippen molar-refractivity contribution in [1.29, 1.82) is 0 Å². The lowest BCUT2D eigenvalue weighted by Crippen LogP contribution is -3.00. The van der Waals surface area contributed by atoms with E-state index in [9.17, 15) is 9.18 Å². The molecule has 0 spiro atoms. The van der Waals surface area contributed by atoms with E-state index in [2.05, 4.69) is 0 Å². The molecule has 3 aromatic rings. The van der Waals surface area contributed by atoms with E-state index >= 15 is 0 Å². The van der Waals surface area contributed by atoms with Gasteiger partial charge in [-0.25, -0.2) is 13.5 Å². The van der Waals surface area contributed by atoms with E-state index in [4.69, 9.17) is 11.6 Å². The Hall–Kier alpha value is -2.17. The fourth-order valence-corrected chi connectivity index (χ4v) is 2.58. The van der Waals surface area contributed by atoms with Gasteiger partial charge in [-0.3, -0.25) is 4.79 Å². The number of rotatable bonds is 4. The van der Waals surface area contributed by atoms with Crippen molar-refractivity contribution < 1.29 is 26.2 Å². The van der Waals surface area contributed by atoms with Crippen LogP contribution in [0.5, 0.6) is 0 Å². The van der Waals surface area contributed by atoms with Crippen molar-refractivity contribution >= 4 is 17.4 Å². The minimum atomic E-state index is -0.341. The molecule has 0 aliphatic heterocycles. The number of nitrogens with zero attached hydrogens (tertiary/aromatic N) is 2. The first-order chi connectivity index (χ1) is 11.0. The molecule has 6 heteroatoms. The second-order valence-electron chi connectivity index (χ2n) is 5.33. The molecule has 2 aromatic carbocycles. The molecule has 3 nitrogen and oxygen atoms in total. The molecule has 0 unspecified atom stereocenters. The van der Waals surface area contributed by atoms with Crippen LogP contribution in [0, 0.1) is 5.82 Å². The predicted molar refractivity (Wildman–Crippen MR) is 86.5 cm³/mol. The molecule has 0 N–H and O–H groups in total. The summed E-state index contributed by atoms with van der Waals surface area (Å²) in [5, 5.41) is 0.413. The van der Waals surface area contributed by atoms with Gasteiger partial charge in [-0.2, -0.15) is 0 Å². The Kier molecular flexibility index (Phi) is 5.75. The van der Waals surface area contributed by atoms with Gasteiger partial charge in [0, 0.05) is 11.1 Å². The molecule has 0 aliphatic carbocycles. The molecule has 0 aliphatic rings. The second kappa shape index (κ2) is 7.60. The first-order valence-corrected chi connectivity index (χ1v) is 7.53. The van der Waals surface area contributed by atoms with Crippen molar-refractivity contribution in [3.63, 3.8) is 0 Å². The average molecular weight is 365 g/mol. The van der Waals surface area contributed by atoms with Crippen LogP contribution in [0.15, 0.2) is 61.2 Å². The van der Waals surface area contributed by atoms with Crippen molar-refractivity contribution in [1.82, 2.24) is 4.57 Å². The third-order valence-electron chi connectivity index (χ3n) is 3.63. The van der Waals surface area contributed by atoms with Gasteiger partial charge in [-0.05, 0) is 43.3 Å². The van der Waals surface area contributed by atoms with Crippen LogP contribution in [0.3, 0.4) is 0 Å². The van der Waals surface area contributed by atoms with Crippen molar-refractivity contribution in [3.05, 3.63) is 83.2 Å². The standard InChI is InChI=1S/C18H15ClFN2O.ClH/c1-13(23)14-3-6-17(7-4-14)22-9-8-21(12-22)11-15-2-5-16(20)10-18(15)19;/h2-10,12H,11H2,1H3;1H/q+1;/p-1. The van der Waals surface area contributed by atoms with E-state index in [0.717, 1.165) is 11.3 Å². The van der Waals surface area contributed by atoms with E-state index in [0.29, 0.717) is 17.1 Å². The van der Waals surface area contributed by atoms with Gasteiger partial charge in [0.25, 0.3) is 0 Å². The number of carbonyl (C=O) groups is 1. The molecule has 1 aromatic heterocycles. The molecule has 0 radical (unpaired) electrons. The number of benzene rings is 2. The fraction of sp³-hybridized carbons (Fsp3) is 0.111. The van der Waals surface area contributed by atoms with E-state index in [1.165, 1.54) is 12.1 Å². The highest BCUT2D eigenvalue weighted by atomic mass is 35.5. The molecular formula is C18H15Cl2FN2O. The summed E-state index contributed by atoms with van der Waals surface area (Å²) >= 11 is 6.06. The Labute approximate surface area is 150 Å². The van der Waals surface area contributed by atoms with E-state index < -0.39 is 0 Å². The highest BCUT2D eigenvalue weighted by Gasteiger charge is 2.10. The summed E-state index contributed by atoms with van der Waals surface area (Å²) in [4.78, 5) is 11.3. The number of hydrogen-bond acceptors (Lipinski definition) is 1. The van der Waals surface area contributed by atoms with Crippen LogP contribution < -0.4 is 17.0 Å². The molecule has 124 valence electrons. The van der Waals surface area contributed by atoms with Gasteiger partial charge in [0.1, 0.15) is 30.4 Å². The zero-order valence-electron chi connectivity index (χ0n) is 12.9. The first-order valence-electron chi connectivity index (χ1n) is 7.15. The summed E-state index contributed by atoms with van der Waals surface area (Å²) in [5.74, 6) is -0.294. The van der Waals surface area contributed by atoms with Crippen LogP contribution in [-0.4, -0.2) is 10.4 Å². The van der Waals surface area contributed by atoms with Crippen LogP contribution in [0.25, 0.3) is 5.69 Å². The molecule has 0 amide bonds. The predicted octanol–water partition coefficient (Wildman–Crippen LogP) is 0.812. The average Bonchev–Trinajstić information content (AvgIpc) is 2.99. The van der Waals surface area contributed by atoms with Gasteiger partial charge in [0.2, 0.25) is 6.33 Å². The summed E-state index contributed by atoms with van der Waals surface area (Å²) in [7, 11) is 0. The molecular weight excluding hydrogens is 350 g/mol. The highest BCUT2D eigenvalue weighted by molar-refractivity contribution is 6.31. The van der Waals surface area contributed by atoms with E-state index in [1.54, 1.807) is 25.1 Å². The fourth-order valence-electron chi connectivity index (χ4n) is 2.36. The maximum absolute atomic E-state index is 13.1. The summed E-state index contributed by atoms with van der Waals surface area (Å²) in [6.07, 6.45) is 5.75. The van der Waals surface area contributed by atoms with Crippen LogP contribution in [0.4, 0.5) is 4.39 Å². The molecule has 0 atom stereocenters. The molecule has 24 heavy (non-hydrogen) atoms. The van der Waals surface area contributed by atoms with E-state index in [1.807, 2.05) is 40.0 Å². The Morgan fingerprint density at radius 2 is 1.92 bits per heavy atom. The molecule has 0 bridgehead atoms. The van der Waals surface area contributed by atoms with Crippen LogP contribution >= 0.6 is 11.6 Å². The summed E-state index contributed by atoms with van der Waals surface area (Å²) in [5.41, 5.74) is 2.49. The number of ketones is 1. The minimum Gasteiger partial charge on any atom is -1.00 e. The topological polar surface area (TPSA) is 25.9 Å². The number of halogens is 3. The van der Waals surface area contributed by atoms with Gasteiger partial charge in [-0.15, -0.1) is 0 Å². The highest BCUT2D eigenvalue weighted by Crippen LogP contribution is 2.17. The zero-order valence-corrected chi connectivity index (χ0v) is 14.4. The van der Waals surface area contributed by atoms with Crippen molar-refractivity contribution in [3.8, 4) is 5.69 Å². The quantitative estimate of drug-likeness (QED) is 0.497. The number of carbonyl (C=O) groups excluding carboxylic acids is 1. The molecule has 1 heterocycles. The van der Waals surface area contributed by atoms with Gasteiger partial charge < -0.3 is 12.4 Å².